The number of pyridine rings is 1. The zero-order valence-electron chi connectivity index (χ0n) is 27.5. The molecule has 11 rings (SSSR count). The van der Waals surface area contributed by atoms with Crippen LogP contribution >= 0.6 is 0 Å². The summed E-state index contributed by atoms with van der Waals surface area (Å²) in [4.78, 5) is 15.3. The molecule has 4 nitrogen and oxygen atoms in total. The molecule has 3 heterocycles. The van der Waals surface area contributed by atoms with E-state index in [4.69, 9.17) is 0 Å². The quantitative estimate of drug-likeness (QED) is 0.175. The van der Waals surface area contributed by atoms with Crippen LogP contribution in [0.15, 0.2) is 181 Å². The van der Waals surface area contributed by atoms with Crippen molar-refractivity contribution in [2.75, 3.05) is 0 Å². The minimum atomic E-state index is -0.0353. The van der Waals surface area contributed by atoms with Crippen molar-refractivity contribution in [3.05, 3.63) is 186 Å². The molecule has 0 fully saturated rings. The van der Waals surface area contributed by atoms with Crippen LogP contribution < -0.4 is 5.56 Å². The molecule has 0 saturated heterocycles. The van der Waals surface area contributed by atoms with E-state index in [-0.39, 0.29) is 5.56 Å². The van der Waals surface area contributed by atoms with E-state index in [2.05, 4.69) is 149 Å². The SMILES string of the molecule is O=c1c2c(ccc3c4ccccc4n(-c4ccccc4)c32)c2c3c4ccccc4n(-c4ccc5ccccc5c4)c3ccc2n1-c1ccccc1. The molecule has 0 aliphatic carbocycles. The van der Waals surface area contributed by atoms with E-state index in [0.717, 1.165) is 77.0 Å². The Morgan fingerprint density at radius 1 is 0.314 bits per heavy atom. The smallest absolute Gasteiger partial charge is 0.265 e. The summed E-state index contributed by atoms with van der Waals surface area (Å²) in [6.45, 7) is 0. The molecule has 0 amide bonds. The number of hydrogen-bond acceptors (Lipinski definition) is 1. The second kappa shape index (κ2) is 10.5. The summed E-state index contributed by atoms with van der Waals surface area (Å²) in [5.74, 6) is 0. The van der Waals surface area contributed by atoms with Crippen molar-refractivity contribution in [2.45, 2.75) is 0 Å². The van der Waals surface area contributed by atoms with Gasteiger partial charge >= 0.3 is 0 Å². The maximum absolute atomic E-state index is 15.3. The predicted octanol–water partition coefficient (Wildman–Crippen LogP) is 11.5. The summed E-state index contributed by atoms with van der Waals surface area (Å²) in [6.07, 6.45) is 0. The molecular formula is C47H29N3O. The molecule has 51 heavy (non-hydrogen) atoms. The van der Waals surface area contributed by atoms with Crippen LogP contribution in [0.1, 0.15) is 0 Å². The van der Waals surface area contributed by atoms with Gasteiger partial charge in [-0.3, -0.25) is 9.36 Å². The van der Waals surface area contributed by atoms with E-state index < -0.39 is 0 Å². The van der Waals surface area contributed by atoms with Gasteiger partial charge in [0.05, 0.1) is 33.0 Å². The van der Waals surface area contributed by atoms with Gasteiger partial charge in [0.25, 0.3) is 5.56 Å². The highest BCUT2D eigenvalue weighted by Crippen LogP contribution is 2.43. The third-order valence-electron chi connectivity index (χ3n) is 10.6. The van der Waals surface area contributed by atoms with Crippen LogP contribution in [0.3, 0.4) is 0 Å². The number of nitrogens with zero attached hydrogens (tertiary/aromatic N) is 3. The third-order valence-corrected chi connectivity index (χ3v) is 10.6. The Balaban J connectivity index is 1.40. The van der Waals surface area contributed by atoms with Crippen molar-refractivity contribution in [3.8, 4) is 17.1 Å². The highest BCUT2D eigenvalue weighted by atomic mass is 16.1. The summed E-state index contributed by atoms with van der Waals surface area (Å²) < 4.78 is 6.57. The number of aromatic nitrogens is 3. The van der Waals surface area contributed by atoms with Gasteiger partial charge in [0.1, 0.15) is 0 Å². The first-order chi connectivity index (χ1) is 25.3. The lowest BCUT2D eigenvalue weighted by Crippen LogP contribution is -2.20. The number of benzene rings is 8. The van der Waals surface area contributed by atoms with Crippen LogP contribution in [0.5, 0.6) is 0 Å². The average molecular weight is 652 g/mol. The Kier molecular flexibility index (Phi) is 5.78. The molecule has 0 atom stereocenters. The van der Waals surface area contributed by atoms with Gasteiger partial charge in [0, 0.05) is 44.0 Å². The van der Waals surface area contributed by atoms with E-state index in [1.807, 2.05) is 41.0 Å². The molecule has 238 valence electrons. The van der Waals surface area contributed by atoms with Gasteiger partial charge in [-0.1, -0.05) is 115 Å². The number of para-hydroxylation sites is 4. The van der Waals surface area contributed by atoms with Gasteiger partial charge < -0.3 is 9.13 Å². The number of fused-ring (bicyclic) bond motifs is 12. The lowest BCUT2D eigenvalue weighted by Gasteiger charge is -2.17. The molecule has 3 aromatic heterocycles. The number of rotatable bonds is 3. The van der Waals surface area contributed by atoms with Crippen molar-refractivity contribution in [1.29, 1.82) is 0 Å². The van der Waals surface area contributed by atoms with Gasteiger partial charge in [0.15, 0.2) is 0 Å². The van der Waals surface area contributed by atoms with Gasteiger partial charge in [-0.2, -0.15) is 0 Å². The number of hydrogen-bond donors (Lipinski definition) is 0. The molecule has 8 aromatic carbocycles. The minimum absolute atomic E-state index is 0.0353. The molecule has 0 spiro atoms. The Hall–Kier alpha value is -6.91. The van der Waals surface area contributed by atoms with E-state index >= 15 is 4.79 Å². The maximum atomic E-state index is 15.3. The molecular weight excluding hydrogens is 623 g/mol. The minimum Gasteiger partial charge on any atom is -0.309 e. The molecule has 0 bridgehead atoms. The van der Waals surface area contributed by atoms with E-state index in [1.54, 1.807) is 0 Å². The standard InChI is InChI=1S/C47H29N3O/c51-47-45-38(26-25-36-35-19-9-11-21-39(35)49(46(36)45)32-15-3-1-4-16-32)44-42(50(47)33-17-5-2-6-18-33)28-27-41-43(44)37-20-10-12-22-40(37)48(41)34-24-23-30-13-7-8-14-31(30)29-34/h1-29H. The lowest BCUT2D eigenvalue weighted by atomic mass is 9.98. The summed E-state index contributed by atoms with van der Waals surface area (Å²) in [6, 6.07) is 61.5. The van der Waals surface area contributed by atoms with Gasteiger partial charge in [-0.05, 0) is 76.8 Å². The van der Waals surface area contributed by atoms with Crippen LogP contribution in [-0.4, -0.2) is 13.7 Å². The largest absolute Gasteiger partial charge is 0.309 e. The molecule has 0 radical (unpaired) electrons. The zero-order valence-corrected chi connectivity index (χ0v) is 27.5. The van der Waals surface area contributed by atoms with Crippen molar-refractivity contribution in [2.24, 2.45) is 0 Å². The van der Waals surface area contributed by atoms with Crippen LogP contribution in [0.25, 0.3) is 93.1 Å². The molecule has 11 aromatic rings. The highest BCUT2D eigenvalue weighted by molar-refractivity contribution is 6.31. The Bertz CT molecular complexity index is 3260. The van der Waals surface area contributed by atoms with Crippen molar-refractivity contribution in [1.82, 2.24) is 13.7 Å². The van der Waals surface area contributed by atoms with Crippen LogP contribution in [0.4, 0.5) is 0 Å². The monoisotopic (exact) mass is 651 g/mol. The fourth-order valence-corrected chi connectivity index (χ4v) is 8.48. The third kappa shape index (κ3) is 3.87. The van der Waals surface area contributed by atoms with E-state index in [1.165, 1.54) is 10.8 Å². The predicted molar refractivity (Wildman–Crippen MR) is 213 cm³/mol. The molecule has 0 unspecified atom stereocenters. The van der Waals surface area contributed by atoms with Crippen molar-refractivity contribution < 1.29 is 0 Å². The topological polar surface area (TPSA) is 31.9 Å². The summed E-state index contributed by atoms with van der Waals surface area (Å²) >= 11 is 0. The summed E-state index contributed by atoms with van der Waals surface area (Å²) in [7, 11) is 0. The normalized spacial score (nSPS) is 12.0. The van der Waals surface area contributed by atoms with E-state index in [0.29, 0.717) is 5.39 Å². The van der Waals surface area contributed by atoms with Crippen molar-refractivity contribution >= 4 is 76.1 Å². The van der Waals surface area contributed by atoms with Crippen molar-refractivity contribution in [3.63, 3.8) is 0 Å². The Morgan fingerprint density at radius 3 is 1.61 bits per heavy atom. The van der Waals surface area contributed by atoms with Crippen LogP contribution in [0.2, 0.25) is 0 Å². The second-order valence-electron chi connectivity index (χ2n) is 13.3. The molecule has 0 saturated carbocycles. The average Bonchev–Trinajstić information content (AvgIpc) is 3.71. The maximum Gasteiger partial charge on any atom is 0.265 e. The highest BCUT2D eigenvalue weighted by Gasteiger charge is 2.24. The van der Waals surface area contributed by atoms with Crippen LogP contribution in [-0.2, 0) is 0 Å². The van der Waals surface area contributed by atoms with Gasteiger partial charge in [-0.25, -0.2) is 0 Å². The Morgan fingerprint density at radius 2 is 0.863 bits per heavy atom. The van der Waals surface area contributed by atoms with Crippen LogP contribution in [0, 0.1) is 0 Å². The second-order valence-corrected chi connectivity index (χ2v) is 13.3. The summed E-state index contributed by atoms with van der Waals surface area (Å²) in [5.41, 5.74) is 8.03. The molecule has 4 heteroatoms. The summed E-state index contributed by atoms with van der Waals surface area (Å²) in [5, 5.41) is 9.58. The fourth-order valence-electron chi connectivity index (χ4n) is 8.48. The first kappa shape index (κ1) is 28.0. The first-order valence-electron chi connectivity index (χ1n) is 17.3. The molecule has 0 aliphatic rings. The van der Waals surface area contributed by atoms with E-state index in [9.17, 15) is 0 Å². The fraction of sp³-hybridized carbons (Fsp3) is 0. The zero-order chi connectivity index (χ0) is 33.6. The Labute approximate surface area is 292 Å². The molecule has 0 N–H and O–H groups in total. The lowest BCUT2D eigenvalue weighted by molar-refractivity contribution is 1.06. The molecule has 0 aliphatic heterocycles. The van der Waals surface area contributed by atoms with Gasteiger partial charge in [0.2, 0.25) is 0 Å². The van der Waals surface area contributed by atoms with Gasteiger partial charge in [-0.15, -0.1) is 0 Å². The first-order valence-corrected chi connectivity index (χ1v) is 17.3.